The van der Waals surface area contributed by atoms with E-state index in [1.165, 1.54) is 0 Å². The monoisotopic (exact) mass is 288 g/mol. The Labute approximate surface area is 126 Å². The molecule has 0 aliphatic heterocycles. The number of hydrogen-bond acceptors (Lipinski definition) is 2. The van der Waals surface area contributed by atoms with Crippen LogP contribution in [0.15, 0.2) is 37.2 Å². The first kappa shape index (κ1) is 15.4. The quantitative estimate of drug-likeness (QED) is 0.919. The molecule has 1 amide bonds. The van der Waals surface area contributed by atoms with Gasteiger partial charge in [0.1, 0.15) is 0 Å². The SMILES string of the molecule is CC[C@H](Cn1ccnc1)NC(=O)c1ccn(C(C)(C)C)c1. The summed E-state index contributed by atoms with van der Waals surface area (Å²) in [5.41, 5.74) is 0.688. The zero-order valence-electron chi connectivity index (χ0n) is 13.2. The van der Waals surface area contributed by atoms with Crippen molar-refractivity contribution in [1.29, 1.82) is 0 Å². The number of hydrogen-bond donors (Lipinski definition) is 1. The molecule has 5 heteroatoms. The maximum absolute atomic E-state index is 12.3. The van der Waals surface area contributed by atoms with E-state index in [4.69, 9.17) is 0 Å². The summed E-state index contributed by atoms with van der Waals surface area (Å²) in [6.07, 6.45) is 10.2. The van der Waals surface area contributed by atoms with Crippen molar-refractivity contribution in [3.05, 3.63) is 42.7 Å². The van der Waals surface area contributed by atoms with Crippen LogP contribution in [0.4, 0.5) is 0 Å². The third-order valence-electron chi connectivity index (χ3n) is 3.55. The molecule has 0 aromatic carbocycles. The van der Waals surface area contributed by atoms with Crippen molar-refractivity contribution in [1.82, 2.24) is 19.4 Å². The summed E-state index contributed by atoms with van der Waals surface area (Å²) in [5, 5.41) is 3.09. The minimum Gasteiger partial charge on any atom is -0.348 e. The van der Waals surface area contributed by atoms with E-state index in [1.807, 2.05) is 29.2 Å². The van der Waals surface area contributed by atoms with Crippen molar-refractivity contribution in [2.45, 2.75) is 52.2 Å². The van der Waals surface area contributed by atoms with Gasteiger partial charge in [0.15, 0.2) is 0 Å². The largest absolute Gasteiger partial charge is 0.348 e. The zero-order valence-corrected chi connectivity index (χ0v) is 13.2. The van der Waals surface area contributed by atoms with Crippen LogP contribution in [0.1, 0.15) is 44.5 Å². The van der Waals surface area contributed by atoms with Crippen molar-refractivity contribution >= 4 is 5.91 Å². The first-order valence-electron chi connectivity index (χ1n) is 7.35. The van der Waals surface area contributed by atoms with Crippen molar-refractivity contribution in [2.75, 3.05) is 0 Å². The van der Waals surface area contributed by atoms with Crippen LogP contribution >= 0.6 is 0 Å². The van der Waals surface area contributed by atoms with E-state index < -0.39 is 0 Å². The molecule has 1 N–H and O–H groups in total. The second-order valence-electron chi connectivity index (χ2n) is 6.32. The predicted molar refractivity (Wildman–Crippen MR) is 83.2 cm³/mol. The number of amides is 1. The molecule has 0 spiro atoms. The average molecular weight is 288 g/mol. The summed E-state index contributed by atoms with van der Waals surface area (Å²) in [6.45, 7) is 9.15. The Kier molecular flexibility index (Phi) is 4.50. The van der Waals surface area contributed by atoms with Gasteiger partial charge in [0.2, 0.25) is 0 Å². The third-order valence-corrected chi connectivity index (χ3v) is 3.55. The van der Waals surface area contributed by atoms with E-state index in [0.717, 1.165) is 13.0 Å². The van der Waals surface area contributed by atoms with Crippen LogP contribution in [-0.2, 0) is 12.1 Å². The van der Waals surface area contributed by atoms with Crippen LogP contribution in [-0.4, -0.2) is 26.1 Å². The number of carbonyl (C=O) groups is 1. The minimum atomic E-state index is -0.0232. The highest BCUT2D eigenvalue weighted by atomic mass is 16.1. The van der Waals surface area contributed by atoms with Crippen LogP contribution < -0.4 is 5.32 Å². The molecule has 0 unspecified atom stereocenters. The van der Waals surface area contributed by atoms with Crippen LogP contribution in [0, 0.1) is 0 Å². The smallest absolute Gasteiger partial charge is 0.253 e. The molecule has 0 aliphatic rings. The van der Waals surface area contributed by atoms with Gasteiger partial charge in [-0.15, -0.1) is 0 Å². The molecular formula is C16H24N4O. The number of nitrogens with one attached hydrogen (secondary N) is 1. The van der Waals surface area contributed by atoms with Crippen molar-refractivity contribution in [3.63, 3.8) is 0 Å². The molecule has 0 bridgehead atoms. The van der Waals surface area contributed by atoms with E-state index in [-0.39, 0.29) is 17.5 Å². The van der Waals surface area contributed by atoms with Gasteiger partial charge in [0, 0.05) is 42.9 Å². The fourth-order valence-corrected chi connectivity index (χ4v) is 2.14. The molecule has 2 aromatic rings. The van der Waals surface area contributed by atoms with Crippen molar-refractivity contribution in [3.8, 4) is 0 Å². The van der Waals surface area contributed by atoms with E-state index in [2.05, 4.69) is 42.6 Å². The van der Waals surface area contributed by atoms with Gasteiger partial charge in [-0.25, -0.2) is 4.98 Å². The highest BCUT2D eigenvalue weighted by Gasteiger charge is 2.17. The van der Waals surface area contributed by atoms with E-state index >= 15 is 0 Å². The fourth-order valence-electron chi connectivity index (χ4n) is 2.14. The highest BCUT2D eigenvalue weighted by Crippen LogP contribution is 2.15. The topological polar surface area (TPSA) is 51.9 Å². The second-order valence-corrected chi connectivity index (χ2v) is 6.32. The van der Waals surface area contributed by atoms with E-state index in [1.54, 1.807) is 12.5 Å². The molecule has 0 saturated heterocycles. The standard InChI is InChI=1S/C16H24N4O/c1-5-14(11-19-9-7-17-12-19)18-15(21)13-6-8-20(10-13)16(2,3)4/h6-10,12,14H,5,11H2,1-4H3,(H,18,21)/t14-/m1/s1. The van der Waals surface area contributed by atoms with Crippen LogP contribution in [0.5, 0.6) is 0 Å². The van der Waals surface area contributed by atoms with Crippen LogP contribution in [0.25, 0.3) is 0 Å². The summed E-state index contributed by atoms with van der Waals surface area (Å²) in [7, 11) is 0. The third kappa shape index (κ3) is 3.97. The number of nitrogens with zero attached hydrogens (tertiary/aromatic N) is 3. The number of aromatic nitrogens is 3. The number of imidazole rings is 1. The van der Waals surface area contributed by atoms with Crippen molar-refractivity contribution < 1.29 is 4.79 Å². The Balaban J connectivity index is 2.00. The first-order valence-corrected chi connectivity index (χ1v) is 7.35. The lowest BCUT2D eigenvalue weighted by molar-refractivity contribution is 0.0931. The lowest BCUT2D eigenvalue weighted by atomic mass is 10.1. The first-order chi connectivity index (χ1) is 9.90. The summed E-state index contributed by atoms with van der Waals surface area (Å²) in [5.74, 6) is -0.0232. The maximum Gasteiger partial charge on any atom is 0.253 e. The fraction of sp³-hybridized carbons (Fsp3) is 0.500. The molecule has 114 valence electrons. The van der Waals surface area contributed by atoms with Gasteiger partial charge in [0.25, 0.3) is 5.91 Å². The molecule has 2 rings (SSSR count). The average Bonchev–Trinajstić information content (AvgIpc) is 3.08. The van der Waals surface area contributed by atoms with Crippen LogP contribution in [0.2, 0.25) is 0 Å². The highest BCUT2D eigenvalue weighted by molar-refractivity contribution is 5.94. The van der Waals surface area contributed by atoms with Gasteiger partial charge in [-0.1, -0.05) is 6.92 Å². The molecule has 2 heterocycles. The zero-order chi connectivity index (χ0) is 15.5. The second kappa shape index (κ2) is 6.16. The Morgan fingerprint density at radius 1 is 1.38 bits per heavy atom. The molecule has 0 aliphatic carbocycles. The van der Waals surface area contributed by atoms with Gasteiger partial charge in [-0.3, -0.25) is 4.79 Å². The van der Waals surface area contributed by atoms with Gasteiger partial charge < -0.3 is 14.5 Å². The van der Waals surface area contributed by atoms with Gasteiger partial charge >= 0.3 is 0 Å². The Morgan fingerprint density at radius 3 is 2.67 bits per heavy atom. The maximum atomic E-state index is 12.3. The Bertz CT molecular complexity index is 578. The molecule has 0 saturated carbocycles. The summed E-state index contributed by atoms with van der Waals surface area (Å²) >= 11 is 0. The van der Waals surface area contributed by atoms with Gasteiger partial charge in [-0.05, 0) is 33.3 Å². The van der Waals surface area contributed by atoms with E-state index in [9.17, 15) is 4.79 Å². The number of carbonyl (C=O) groups excluding carboxylic acids is 1. The molecule has 5 nitrogen and oxygen atoms in total. The lowest BCUT2D eigenvalue weighted by Gasteiger charge is -2.21. The summed E-state index contributed by atoms with van der Waals surface area (Å²) in [6, 6.07) is 1.97. The normalized spacial score (nSPS) is 13.1. The van der Waals surface area contributed by atoms with E-state index in [0.29, 0.717) is 5.56 Å². The lowest BCUT2D eigenvalue weighted by Crippen LogP contribution is -2.37. The van der Waals surface area contributed by atoms with Crippen molar-refractivity contribution in [2.24, 2.45) is 0 Å². The van der Waals surface area contributed by atoms with Gasteiger partial charge in [-0.2, -0.15) is 0 Å². The summed E-state index contributed by atoms with van der Waals surface area (Å²) < 4.78 is 4.04. The molecule has 0 fully saturated rings. The summed E-state index contributed by atoms with van der Waals surface area (Å²) in [4.78, 5) is 16.4. The molecular weight excluding hydrogens is 264 g/mol. The van der Waals surface area contributed by atoms with Crippen LogP contribution in [0.3, 0.4) is 0 Å². The predicted octanol–water partition coefficient (Wildman–Crippen LogP) is 2.65. The number of rotatable bonds is 5. The minimum absolute atomic E-state index is 0.0144. The molecule has 21 heavy (non-hydrogen) atoms. The Hall–Kier alpha value is -2.04. The Morgan fingerprint density at radius 2 is 2.14 bits per heavy atom. The molecule has 2 aromatic heterocycles. The van der Waals surface area contributed by atoms with Gasteiger partial charge in [0.05, 0.1) is 11.9 Å². The molecule has 1 atom stereocenters. The molecule has 0 radical (unpaired) electrons.